The molecule has 154 valence electrons. The fourth-order valence-electron chi connectivity index (χ4n) is 4.40. The van der Waals surface area contributed by atoms with Gasteiger partial charge in [-0.2, -0.15) is 0 Å². The van der Waals surface area contributed by atoms with Crippen LogP contribution in [0.15, 0.2) is 60.7 Å². The van der Waals surface area contributed by atoms with Crippen molar-refractivity contribution in [2.75, 3.05) is 51.3 Å². The van der Waals surface area contributed by atoms with E-state index in [0.717, 1.165) is 44.6 Å². The van der Waals surface area contributed by atoms with E-state index in [1.807, 2.05) is 42.3 Å². The molecule has 0 aliphatic carbocycles. The lowest BCUT2D eigenvalue weighted by Gasteiger charge is -2.47. The molecule has 0 radical (unpaired) electrons. The van der Waals surface area contributed by atoms with Crippen molar-refractivity contribution in [1.82, 2.24) is 9.80 Å². The average molecular weight is 394 g/mol. The summed E-state index contributed by atoms with van der Waals surface area (Å²) in [7, 11) is 1.85. The minimum Gasteiger partial charge on any atom is -0.371 e. The van der Waals surface area contributed by atoms with Gasteiger partial charge in [0.15, 0.2) is 0 Å². The molecule has 2 aliphatic rings. The highest BCUT2D eigenvalue weighted by molar-refractivity contribution is 5.91. The summed E-state index contributed by atoms with van der Waals surface area (Å²) >= 11 is 0. The molecule has 4 rings (SSSR count). The Balaban J connectivity index is 1.31. The number of piperidine rings is 1. The van der Waals surface area contributed by atoms with E-state index >= 15 is 0 Å². The molecule has 2 fully saturated rings. The van der Waals surface area contributed by atoms with Crippen LogP contribution in [0.2, 0.25) is 0 Å². The van der Waals surface area contributed by atoms with Crippen LogP contribution in [0.4, 0.5) is 10.5 Å². The van der Waals surface area contributed by atoms with Gasteiger partial charge in [-0.05, 0) is 37.0 Å². The highest BCUT2D eigenvalue weighted by Gasteiger charge is 2.41. The number of hydrogen-bond acceptors (Lipinski definition) is 3. The van der Waals surface area contributed by atoms with Crippen molar-refractivity contribution in [2.24, 2.45) is 0 Å². The Bertz CT molecular complexity index is 788. The highest BCUT2D eigenvalue weighted by atomic mass is 16.5. The number of hydrogen-bond donors (Lipinski definition) is 0. The van der Waals surface area contributed by atoms with Crippen molar-refractivity contribution in [3.63, 3.8) is 0 Å². The number of anilines is 1. The van der Waals surface area contributed by atoms with Crippen LogP contribution in [0.5, 0.6) is 0 Å². The summed E-state index contributed by atoms with van der Waals surface area (Å²) in [5.41, 5.74) is 2.13. The molecule has 29 heavy (non-hydrogen) atoms. The second-order valence-electron chi connectivity index (χ2n) is 8.21. The maximum Gasteiger partial charge on any atom is 0.324 e. The van der Waals surface area contributed by atoms with Crippen LogP contribution in [0.1, 0.15) is 18.4 Å². The number of likely N-dealkylation sites (tertiary alicyclic amines) is 1. The van der Waals surface area contributed by atoms with Gasteiger partial charge < -0.3 is 14.5 Å². The number of carbonyl (C=O) groups excluding carboxylic acids is 1. The predicted octanol–water partition coefficient (Wildman–Crippen LogP) is 3.65. The third-order valence-electron chi connectivity index (χ3n) is 6.28. The maximum absolute atomic E-state index is 13.0. The van der Waals surface area contributed by atoms with Crippen LogP contribution in [-0.4, -0.2) is 67.8 Å². The lowest BCUT2D eigenvalue weighted by molar-refractivity contribution is -0.125. The molecule has 0 bridgehead atoms. The van der Waals surface area contributed by atoms with E-state index in [-0.39, 0.29) is 11.6 Å². The molecule has 0 atom stereocenters. The molecule has 1 spiro atoms. The lowest BCUT2D eigenvalue weighted by atomic mass is 9.89. The third-order valence-corrected chi connectivity index (χ3v) is 6.28. The zero-order valence-electron chi connectivity index (χ0n) is 17.3. The van der Waals surface area contributed by atoms with Crippen LogP contribution in [0.3, 0.4) is 0 Å². The Hall–Kier alpha value is -2.37. The number of rotatable bonds is 4. The monoisotopic (exact) mass is 393 g/mol. The van der Waals surface area contributed by atoms with Crippen molar-refractivity contribution in [3.05, 3.63) is 66.2 Å². The molecule has 2 saturated heterocycles. The number of ether oxygens (including phenoxy) is 1. The molecule has 2 heterocycles. The number of nitrogens with zero attached hydrogens (tertiary/aromatic N) is 3. The molecule has 0 N–H and O–H groups in total. The summed E-state index contributed by atoms with van der Waals surface area (Å²) in [5, 5.41) is 0. The van der Waals surface area contributed by atoms with Gasteiger partial charge in [0.1, 0.15) is 0 Å². The van der Waals surface area contributed by atoms with Crippen LogP contribution < -0.4 is 4.90 Å². The van der Waals surface area contributed by atoms with E-state index in [1.165, 1.54) is 5.56 Å². The molecule has 2 amide bonds. The molecule has 0 saturated carbocycles. The first-order valence-corrected chi connectivity index (χ1v) is 10.6. The first-order chi connectivity index (χ1) is 14.2. The van der Waals surface area contributed by atoms with Crippen LogP contribution >= 0.6 is 0 Å². The number of amides is 2. The Labute approximate surface area is 173 Å². The first kappa shape index (κ1) is 19.9. The molecule has 2 aliphatic heterocycles. The van der Waals surface area contributed by atoms with Gasteiger partial charge in [0.05, 0.1) is 18.8 Å². The third kappa shape index (κ3) is 4.80. The van der Waals surface area contributed by atoms with Gasteiger partial charge in [-0.3, -0.25) is 4.90 Å². The summed E-state index contributed by atoms with van der Waals surface area (Å²) in [6.45, 7) is 5.12. The van der Waals surface area contributed by atoms with Crippen molar-refractivity contribution in [2.45, 2.75) is 24.9 Å². The molecule has 0 unspecified atom stereocenters. The average Bonchev–Trinajstić information content (AvgIpc) is 2.79. The van der Waals surface area contributed by atoms with Crippen molar-refractivity contribution >= 4 is 11.7 Å². The van der Waals surface area contributed by atoms with E-state index < -0.39 is 0 Å². The number of morpholine rings is 1. The summed E-state index contributed by atoms with van der Waals surface area (Å²) in [6.07, 6.45) is 3.06. The van der Waals surface area contributed by atoms with E-state index in [2.05, 4.69) is 35.2 Å². The van der Waals surface area contributed by atoms with Crippen molar-refractivity contribution in [3.8, 4) is 0 Å². The van der Waals surface area contributed by atoms with Gasteiger partial charge >= 0.3 is 6.03 Å². The minimum absolute atomic E-state index is 0.0605. The highest BCUT2D eigenvalue weighted by Crippen LogP contribution is 2.31. The lowest BCUT2D eigenvalue weighted by Crippen LogP contribution is -2.59. The summed E-state index contributed by atoms with van der Waals surface area (Å²) < 4.78 is 6.24. The molecular weight excluding hydrogens is 362 g/mol. The molecule has 5 heteroatoms. The first-order valence-electron chi connectivity index (χ1n) is 10.6. The standard InChI is InChI=1S/C24H31N3O2/c1-25(22-10-6-3-7-11-22)23(28)27-18-19-29-24(20-27)13-16-26(17-14-24)15-12-21-8-4-2-5-9-21/h2-11H,12-20H2,1H3. The Kier molecular flexibility index (Phi) is 6.16. The molecule has 2 aromatic rings. The van der Waals surface area contributed by atoms with E-state index in [4.69, 9.17) is 4.74 Å². The minimum atomic E-state index is -0.186. The van der Waals surface area contributed by atoms with Gasteiger partial charge in [0.2, 0.25) is 0 Å². The maximum atomic E-state index is 13.0. The van der Waals surface area contributed by atoms with Crippen LogP contribution in [0.25, 0.3) is 0 Å². The summed E-state index contributed by atoms with van der Waals surface area (Å²) in [6, 6.07) is 20.6. The number of carbonyl (C=O) groups is 1. The largest absolute Gasteiger partial charge is 0.371 e. The molecule has 0 aromatic heterocycles. The number of benzene rings is 2. The molecule has 2 aromatic carbocycles. The second-order valence-corrected chi connectivity index (χ2v) is 8.21. The SMILES string of the molecule is CN(C(=O)N1CCOC2(CCN(CCc3ccccc3)CC2)C1)c1ccccc1. The fraction of sp³-hybridized carbons (Fsp3) is 0.458. The summed E-state index contributed by atoms with van der Waals surface area (Å²) in [4.78, 5) is 19.3. The van der Waals surface area contributed by atoms with Gasteiger partial charge in [-0.15, -0.1) is 0 Å². The predicted molar refractivity (Wildman–Crippen MR) is 116 cm³/mol. The van der Waals surface area contributed by atoms with Gasteiger partial charge in [0.25, 0.3) is 0 Å². The van der Waals surface area contributed by atoms with Crippen LogP contribution in [-0.2, 0) is 11.2 Å². The van der Waals surface area contributed by atoms with Crippen molar-refractivity contribution in [1.29, 1.82) is 0 Å². The van der Waals surface area contributed by atoms with Gasteiger partial charge in [-0.25, -0.2) is 4.79 Å². The topological polar surface area (TPSA) is 36.0 Å². The number of para-hydroxylation sites is 1. The van der Waals surface area contributed by atoms with E-state index in [1.54, 1.807) is 4.90 Å². The quantitative estimate of drug-likeness (QED) is 0.796. The van der Waals surface area contributed by atoms with Gasteiger partial charge in [0, 0.05) is 38.9 Å². The summed E-state index contributed by atoms with van der Waals surface area (Å²) in [5.74, 6) is 0. The zero-order chi connectivity index (χ0) is 20.1. The normalized spacial score (nSPS) is 19.3. The Morgan fingerprint density at radius 3 is 2.34 bits per heavy atom. The smallest absolute Gasteiger partial charge is 0.324 e. The Morgan fingerprint density at radius 2 is 1.66 bits per heavy atom. The zero-order valence-corrected chi connectivity index (χ0v) is 17.3. The van der Waals surface area contributed by atoms with Crippen molar-refractivity contribution < 1.29 is 9.53 Å². The molecule has 5 nitrogen and oxygen atoms in total. The number of urea groups is 1. The van der Waals surface area contributed by atoms with E-state index in [9.17, 15) is 4.79 Å². The fourth-order valence-corrected chi connectivity index (χ4v) is 4.40. The van der Waals surface area contributed by atoms with Crippen LogP contribution in [0, 0.1) is 0 Å². The Morgan fingerprint density at radius 1 is 1.00 bits per heavy atom. The van der Waals surface area contributed by atoms with E-state index in [0.29, 0.717) is 19.7 Å². The van der Waals surface area contributed by atoms with Gasteiger partial charge in [-0.1, -0.05) is 48.5 Å². The second kappa shape index (κ2) is 8.97. The molecular formula is C24H31N3O2.